The number of thioether (sulfide) groups is 1. The lowest BCUT2D eigenvalue weighted by atomic mass is 10.3. The van der Waals surface area contributed by atoms with Gasteiger partial charge in [-0.3, -0.25) is 10.7 Å². The summed E-state index contributed by atoms with van der Waals surface area (Å²) in [6.45, 7) is 0.479. The normalized spacial score (nSPS) is 13.1. The van der Waals surface area contributed by atoms with Crippen molar-refractivity contribution in [3.05, 3.63) is 34.7 Å². The van der Waals surface area contributed by atoms with Crippen molar-refractivity contribution in [3.63, 3.8) is 0 Å². The van der Waals surface area contributed by atoms with E-state index in [2.05, 4.69) is 24.7 Å². The van der Waals surface area contributed by atoms with Crippen molar-refractivity contribution in [3.8, 4) is 0 Å². The van der Waals surface area contributed by atoms with Crippen LogP contribution in [0.15, 0.2) is 32.8 Å². The molecule has 0 saturated heterocycles. The van der Waals surface area contributed by atoms with Crippen molar-refractivity contribution in [2.45, 2.75) is 5.03 Å². The number of hydroxylamine groups is 1. The maximum atomic E-state index is 13.2. The Morgan fingerprint density at radius 3 is 3.00 bits per heavy atom. The molecule has 0 fully saturated rings. The largest absolute Gasteiger partial charge is 0.290 e. The highest BCUT2D eigenvalue weighted by Crippen LogP contribution is 2.24. The summed E-state index contributed by atoms with van der Waals surface area (Å²) < 4.78 is 31.5. The number of hydrogen-bond acceptors (Lipinski definition) is 7. The fourth-order valence-electron chi connectivity index (χ4n) is 1.57. The van der Waals surface area contributed by atoms with E-state index in [4.69, 9.17) is 11.6 Å². The highest BCUT2D eigenvalue weighted by Gasteiger charge is 2.17. The van der Waals surface area contributed by atoms with E-state index in [-0.39, 0.29) is 16.6 Å². The summed E-state index contributed by atoms with van der Waals surface area (Å²) in [5, 5.41) is 17.0. The van der Waals surface area contributed by atoms with Gasteiger partial charge in [0.1, 0.15) is 5.82 Å². The smallest absolute Gasteiger partial charge is 0.186 e. The number of nitrogens with zero attached hydrogens (tertiary/aromatic N) is 3. The molecule has 130 valence electrons. The summed E-state index contributed by atoms with van der Waals surface area (Å²) in [6.07, 6.45) is 1.53. The zero-order valence-corrected chi connectivity index (χ0v) is 14.7. The van der Waals surface area contributed by atoms with Gasteiger partial charge in [0.15, 0.2) is 16.6 Å². The molecule has 0 aliphatic rings. The predicted octanol–water partition coefficient (Wildman–Crippen LogP) is 1.89. The average Bonchev–Trinajstić information content (AvgIpc) is 3.00. The Bertz CT molecular complexity index is 758. The highest BCUT2D eigenvalue weighted by atomic mass is 35.5. The third kappa shape index (κ3) is 5.24. The second-order valence-corrected chi connectivity index (χ2v) is 6.97. The number of hydrogen-bond donors (Lipinski definition) is 3. The van der Waals surface area contributed by atoms with Gasteiger partial charge in [-0.25, -0.2) is 22.9 Å². The van der Waals surface area contributed by atoms with Crippen molar-refractivity contribution >= 4 is 45.9 Å². The SMILES string of the molecule is CS(=O)NCCSc1nonc1C(=Nc1ccc(F)c(Cl)c1)NO. The van der Waals surface area contributed by atoms with Crippen LogP contribution < -0.4 is 10.2 Å². The van der Waals surface area contributed by atoms with E-state index in [0.29, 0.717) is 23.0 Å². The molecule has 0 bridgehead atoms. The number of aromatic nitrogens is 2. The molecular weight excluding hydrogens is 381 g/mol. The fourth-order valence-corrected chi connectivity index (χ4v) is 3.02. The fraction of sp³-hybridized carbons (Fsp3) is 0.250. The topological polar surface area (TPSA) is 113 Å². The molecule has 1 atom stereocenters. The van der Waals surface area contributed by atoms with Gasteiger partial charge in [-0.1, -0.05) is 23.4 Å². The van der Waals surface area contributed by atoms with Crippen LogP contribution in [0.2, 0.25) is 5.02 Å². The Hall–Kier alpha value is -1.53. The molecule has 0 aliphatic carbocycles. The third-order valence-electron chi connectivity index (χ3n) is 2.58. The van der Waals surface area contributed by atoms with Crippen LogP contribution in [0.3, 0.4) is 0 Å². The molecule has 1 aromatic heterocycles. The van der Waals surface area contributed by atoms with Crippen LogP contribution >= 0.6 is 23.4 Å². The van der Waals surface area contributed by atoms with Crippen LogP contribution in [0, 0.1) is 5.82 Å². The lowest BCUT2D eigenvalue weighted by molar-refractivity contribution is 0.234. The Morgan fingerprint density at radius 1 is 1.54 bits per heavy atom. The molecule has 0 saturated carbocycles. The maximum absolute atomic E-state index is 13.2. The van der Waals surface area contributed by atoms with E-state index in [1.54, 1.807) is 0 Å². The van der Waals surface area contributed by atoms with Crippen molar-refractivity contribution in [2.75, 3.05) is 18.6 Å². The summed E-state index contributed by atoms with van der Waals surface area (Å²) >= 11 is 6.97. The van der Waals surface area contributed by atoms with Crippen molar-refractivity contribution in [1.29, 1.82) is 0 Å². The Balaban J connectivity index is 2.15. The Labute approximate surface area is 148 Å². The molecule has 2 rings (SSSR count). The number of aliphatic imine (C=N–C) groups is 1. The van der Waals surface area contributed by atoms with Crippen LogP contribution in [0.1, 0.15) is 5.69 Å². The van der Waals surface area contributed by atoms with Crippen molar-refractivity contribution in [1.82, 2.24) is 20.5 Å². The molecule has 12 heteroatoms. The van der Waals surface area contributed by atoms with Gasteiger partial charge >= 0.3 is 0 Å². The van der Waals surface area contributed by atoms with Gasteiger partial charge in [-0.2, -0.15) is 0 Å². The second kappa shape index (κ2) is 9.08. The summed E-state index contributed by atoms with van der Waals surface area (Å²) in [5.74, 6) is -0.0650. The van der Waals surface area contributed by atoms with Crippen LogP contribution in [-0.4, -0.2) is 44.1 Å². The van der Waals surface area contributed by atoms with Gasteiger partial charge in [0, 0.05) is 18.6 Å². The van der Waals surface area contributed by atoms with E-state index in [0.717, 1.165) is 6.07 Å². The molecule has 8 nitrogen and oxygen atoms in total. The lowest BCUT2D eigenvalue weighted by Gasteiger charge is -2.04. The number of nitrogens with one attached hydrogen (secondary N) is 2. The maximum Gasteiger partial charge on any atom is 0.186 e. The van der Waals surface area contributed by atoms with Crippen LogP contribution in [0.4, 0.5) is 10.1 Å². The van der Waals surface area contributed by atoms with Gasteiger partial charge in [0.25, 0.3) is 0 Å². The number of rotatable bonds is 7. The van der Waals surface area contributed by atoms with Gasteiger partial charge < -0.3 is 0 Å². The van der Waals surface area contributed by atoms with E-state index in [9.17, 15) is 13.8 Å². The van der Waals surface area contributed by atoms with E-state index >= 15 is 0 Å². The molecule has 1 aromatic carbocycles. The first kappa shape index (κ1) is 18.8. The summed E-state index contributed by atoms with van der Waals surface area (Å²) in [6, 6.07) is 3.85. The standard InChI is InChI=1S/C12H13ClFN5O3S2/c1-24(21)15-4-5-23-12-10(18-22-19-12)11(17-20)16-7-2-3-9(14)8(13)6-7/h2-3,6,15,20H,4-5H2,1H3,(H,16,17). The first-order valence-electron chi connectivity index (χ1n) is 6.47. The summed E-state index contributed by atoms with van der Waals surface area (Å²) in [5.41, 5.74) is 2.40. The molecule has 0 spiro atoms. The monoisotopic (exact) mass is 393 g/mol. The molecule has 1 unspecified atom stereocenters. The first-order chi connectivity index (χ1) is 11.5. The third-order valence-corrected chi connectivity index (χ3v) is 4.43. The lowest BCUT2D eigenvalue weighted by Crippen LogP contribution is -2.22. The second-order valence-electron chi connectivity index (χ2n) is 4.29. The van der Waals surface area contributed by atoms with E-state index in [1.165, 1.54) is 30.2 Å². The number of amidine groups is 1. The van der Waals surface area contributed by atoms with Crippen molar-refractivity contribution < 1.29 is 18.4 Å². The molecule has 2 aromatic rings. The first-order valence-corrected chi connectivity index (χ1v) is 9.40. The molecule has 1 heterocycles. The van der Waals surface area contributed by atoms with E-state index in [1.807, 2.05) is 5.48 Å². The van der Waals surface area contributed by atoms with Crippen LogP contribution in [0.25, 0.3) is 0 Å². The Morgan fingerprint density at radius 2 is 2.33 bits per heavy atom. The van der Waals surface area contributed by atoms with Gasteiger partial charge in [-0.05, 0) is 28.5 Å². The molecule has 0 amide bonds. The zero-order chi connectivity index (χ0) is 17.5. The van der Waals surface area contributed by atoms with Crippen molar-refractivity contribution in [2.24, 2.45) is 4.99 Å². The minimum atomic E-state index is -1.10. The van der Waals surface area contributed by atoms with Gasteiger partial charge in [0.2, 0.25) is 0 Å². The Kier molecular flexibility index (Phi) is 7.12. The van der Waals surface area contributed by atoms with E-state index < -0.39 is 16.8 Å². The molecule has 0 aliphatic heterocycles. The average molecular weight is 394 g/mol. The number of halogens is 2. The highest BCUT2D eigenvalue weighted by molar-refractivity contribution is 7.99. The van der Waals surface area contributed by atoms with Crippen LogP contribution in [0.5, 0.6) is 0 Å². The van der Waals surface area contributed by atoms with Gasteiger partial charge in [-0.15, -0.1) is 0 Å². The molecule has 24 heavy (non-hydrogen) atoms. The summed E-state index contributed by atoms with van der Waals surface area (Å²) in [7, 11) is -1.10. The zero-order valence-electron chi connectivity index (χ0n) is 12.3. The quantitative estimate of drug-likeness (QED) is 0.216. The molecule has 3 N–H and O–H groups in total. The minimum Gasteiger partial charge on any atom is -0.290 e. The molecule has 0 radical (unpaired) electrons. The van der Waals surface area contributed by atoms with Gasteiger partial charge in [0.05, 0.1) is 21.7 Å². The predicted molar refractivity (Wildman–Crippen MR) is 89.6 cm³/mol. The summed E-state index contributed by atoms with van der Waals surface area (Å²) in [4.78, 5) is 4.10. The van der Waals surface area contributed by atoms with Crippen LogP contribution in [-0.2, 0) is 11.0 Å². The molecular formula is C12H13ClFN5O3S2. The minimum absolute atomic E-state index is 0.0338. The number of benzene rings is 1.